The van der Waals surface area contributed by atoms with Crippen molar-refractivity contribution >= 4 is 51.0 Å². The van der Waals surface area contributed by atoms with Gasteiger partial charge in [-0.1, -0.05) is 47.5 Å². The molecule has 3 rings (SSSR count). The average molecular weight is 463 g/mol. The van der Waals surface area contributed by atoms with Crippen LogP contribution in [0.1, 0.15) is 5.56 Å². The van der Waals surface area contributed by atoms with Crippen molar-refractivity contribution in [3.8, 4) is 0 Å². The van der Waals surface area contributed by atoms with E-state index in [-0.39, 0.29) is 10.6 Å². The van der Waals surface area contributed by atoms with Crippen LogP contribution in [0.2, 0.25) is 10.0 Å². The fourth-order valence-corrected chi connectivity index (χ4v) is 4.43. The van der Waals surface area contributed by atoms with Crippen molar-refractivity contribution in [3.63, 3.8) is 0 Å². The van der Waals surface area contributed by atoms with E-state index in [1.807, 2.05) is 0 Å². The average Bonchev–Trinajstić information content (AvgIpc) is 2.75. The van der Waals surface area contributed by atoms with Gasteiger partial charge >= 0.3 is 0 Å². The van der Waals surface area contributed by atoms with E-state index in [1.54, 1.807) is 48.5 Å². The number of rotatable bonds is 7. The lowest BCUT2D eigenvalue weighted by Gasteiger charge is -2.23. The summed E-state index contributed by atoms with van der Waals surface area (Å²) < 4.78 is 27.2. The Kier molecular flexibility index (Phi) is 7.04. The van der Waals surface area contributed by atoms with Gasteiger partial charge in [0.1, 0.15) is 6.54 Å². The molecule has 2 aromatic carbocycles. The van der Waals surface area contributed by atoms with Crippen molar-refractivity contribution in [1.82, 2.24) is 10.4 Å². The molecule has 0 radical (unpaired) electrons. The Balaban J connectivity index is 1.82. The molecule has 30 heavy (non-hydrogen) atoms. The predicted octanol–water partition coefficient (Wildman–Crippen LogP) is 3.73. The molecule has 1 aromatic heterocycles. The van der Waals surface area contributed by atoms with Crippen LogP contribution >= 0.6 is 23.2 Å². The molecule has 0 aliphatic rings. The number of anilines is 1. The van der Waals surface area contributed by atoms with Crippen molar-refractivity contribution in [3.05, 3.63) is 88.7 Å². The first-order chi connectivity index (χ1) is 14.4. The summed E-state index contributed by atoms with van der Waals surface area (Å²) in [5, 5.41) is 4.56. The molecule has 1 heterocycles. The van der Waals surface area contributed by atoms with Crippen LogP contribution in [0, 0.1) is 0 Å². The minimum Gasteiger partial charge on any atom is -0.271 e. The summed E-state index contributed by atoms with van der Waals surface area (Å²) >= 11 is 12.1. The van der Waals surface area contributed by atoms with Crippen molar-refractivity contribution in [2.24, 2.45) is 5.10 Å². The molecule has 7 nitrogen and oxygen atoms in total. The van der Waals surface area contributed by atoms with E-state index in [0.717, 1.165) is 4.31 Å². The molecule has 0 atom stereocenters. The van der Waals surface area contributed by atoms with E-state index in [0.29, 0.717) is 15.6 Å². The fraction of sp³-hybridized carbons (Fsp3) is 0.0500. The lowest BCUT2D eigenvalue weighted by atomic mass is 10.2. The maximum Gasteiger partial charge on any atom is 0.264 e. The largest absolute Gasteiger partial charge is 0.271 e. The van der Waals surface area contributed by atoms with Crippen LogP contribution in [-0.2, 0) is 14.8 Å². The Morgan fingerprint density at radius 3 is 2.37 bits per heavy atom. The van der Waals surface area contributed by atoms with E-state index < -0.39 is 22.5 Å². The molecule has 154 valence electrons. The van der Waals surface area contributed by atoms with Gasteiger partial charge in [0.25, 0.3) is 15.9 Å². The van der Waals surface area contributed by atoms with Crippen molar-refractivity contribution < 1.29 is 13.2 Å². The minimum absolute atomic E-state index is 0.0491. The van der Waals surface area contributed by atoms with Gasteiger partial charge in [0, 0.05) is 11.8 Å². The van der Waals surface area contributed by atoms with Gasteiger partial charge in [-0.3, -0.25) is 14.1 Å². The van der Waals surface area contributed by atoms with Crippen molar-refractivity contribution in [1.29, 1.82) is 0 Å². The molecule has 0 fully saturated rings. The van der Waals surface area contributed by atoms with Gasteiger partial charge < -0.3 is 0 Å². The number of benzene rings is 2. The van der Waals surface area contributed by atoms with E-state index in [4.69, 9.17) is 23.2 Å². The summed E-state index contributed by atoms with van der Waals surface area (Å²) in [6.07, 6.45) is 4.16. The van der Waals surface area contributed by atoms with Gasteiger partial charge in [-0.15, -0.1) is 0 Å². The van der Waals surface area contributed by atoms with Crippen LogP contribution in [0.5, 0.6) is 0 Å². The van der Waals surface area contributed by atoms with Crippen LogP contribution in [0.3, 0.4) is 0 Å². The maximum atomic E-state index is 13.1. The van der Waals surface area contributed by atoms with Crippen molar-refractivity contribution in [2.45, 2.75) is 4.90 Å². The van der Waals surface area contributed by atoms with Gasteiger partial charge in [0.15, 0.2) is 0 Å². The first-order valence-electron chi connectivity index (χ1n) is 8.63. The number of hydrogen-bond donors (Lipinski definition) is 1. The molecular weight excluding hydrogens is 447 g/mol. The number of nitrogens with one attached hydrogen (secondary N) is 1. The highest BCUT2D eigenvalue weighted by molar-refractivity contribution is 7.92. The first-order valence-corrected chi connectivity index (χ1v) is 10.8. The number of nitrogens with zero attached hydrogens (tertiary/aromatic N) is 3. The third-order valence-corrected chi connectivity index (χ3v) is 6.38. The second kappa shape index (κ2) is 9.71. The molecule has 0 aliphatic heterocycles. The first kappa shape index (κ1) is 21.8. The number of halogens is 2. The summed E-state index contributed by atoms with van der Waals surface area (Å²) in [6.45, 7) is -0.503. The zero-order valence-corrected chi connectivity index (χ0v) is 17.8. The molecule has 10 heteroatoms. The fourth-order valence-electron chi connectivity index (χ4n) is 2.50. The number of pyridine rings is 1. The molecule has 1 N–H and O–H groups in total. The Morgan fingerprint density at radius 1 is 1.03 bits per heavy atom. The summed E-state index contributed by atoms with van der Waals surface area (Å²) in [5.74, 6) is -0.655. The summed E-state index contributed by atoms with van der Waals surface area (Å²) in [6, 6.07) is 15.9. The summed E-state index contributed by atoms with van der Waals surface area (Å²) in [5.41, 5.74) is 2.97. The van der Waals surface area contributed by atoms with E-state index >= 15 is 0 Å². The topological polar surface area (TPSA) is 91.7 Å². The number of amides is 1. The quantitative estimate of drug-likeness (QED) is 0.427. The molecule has 0 bridgehead atoms. The third-order valence-electron chi connectivity index (χ3n) is 3.93. The normalized spacial score (nSPS) is 11.4. The number of hydrogen-bond acceptors (Lipinski definition) is 5. The Morgan fingerprint density at radius 2 is 1.73 bits per heavy atom. The number of hydrazone groups is 1. The van der Waals surface area contributed by atoms with Gasteiger partial charge in [0.05, 0.1) is 33.0 Å². The van der Waals surface area contributed by atoms with E-state index in [1.165, 1.54) is 30.7 Å². The van der Waals surface area contributed by atoms with Gasteiger partial charge in [0.2, 0.25) is 0 Å². The van der Waals surface area contributed by atoms with Crippen LogP contribution in [0.25, 0.3) is 0 Å². The SMILES string of the molecule is O=C(CN(c1cccnc1)S(=O)(=O)c1ccccc1)N/N=C\c1c(Cl)cccc1Cl. The number of carbonyl (C=O) groups excluding carboxylic acids is 1. The lowest BCUT2D eigenvalue weighted by Crippen LogP contribution is -2.39. The Bertz CT molecular complexity index is 1140. The maximum absolute atomic E-state index is 13.1. The van der Waals surface area contributed by atoms with E-state index in [9.17, 15) is 13.2 Å². The smallest absolute Gasteiger partial charge is 0.264 e. The third kappa shape index (κ3) is 5.15. The number of sulfonamides is 1. The van der Waals surface area contributed by atoms with Gasteiger partial charge in [-0.05, 0) is 36.4 Å². The Hall–Kier alpha value is -2.94. The molecule has 0 saturated heterocycles. The Labute approximate surface area is 184 Å². The highest BCUT2D eigenvalue weighted by atomic mass is 35.5. The molecule has 0 unspecified atom stereocenters. The molecule has 3 aromatic rings. The monoisotopic (exact) mass is 462 g/mol. The zero-order valence-electron chi connectivity index (χ0n) is 15.4. The molecule has 0 aliphatic carbocycles. The minimum atomic E-state index is -4.00. The predicted molar refractivity (Wildman–Crippen MR) is 117 cm³/mol. The molecule has 1 amide bonds. The zero-order chi connectivity index (χ0) is 21.6. The standard InChI is InChI=1S/C20H16Cl2N4O3S/c21-18-9-4-10-19(22)17(18)13-24-25-20(27)14-26(15-6-5-11-23-12-15)30(28,29)16-7-2-1-3-8-16/h1-13H,14H2,(H,25,27)/b24-13-. The van der Waals surface area contributed by atoms with Crippen LogP contribution in [0.4, 0.5) is 5.69 Å². The highest BCUT2D eigenvalue weighted by Gasteiger charge is 2.27. The summed E-state index contributed by atoms with van der Waals surface area (Å²) in [4.78, 5) is 16.4. The van der Waals surface area contributed by atoms with Gasteiger partial charge in [-0.2, -0.15) is 5.10 Å². The second-order valence-electron chi connectivity index (χ2n) is 5.96. The van der Waals surface area contributed by atoms with Crippen LogP contribution in [-0.4, -0.2) is 32.1 Å². The molecular formula is C20H16Cl2N4O3S. The summed E-state index contributed by atoms with van der Waals surface area (Å²) in [7, 11) is -4.00. The van der Waals surface area contributed by atoms with Crippen LogP contribution in [0.15, 0.2) is 83.1 Å². The lowest BCUT2D eigenvalue weighted by molar-refractivity contribution is -0.119. The second-order valence-corrected chi connectivity index (χ2v) is 8.64. The van der Waals surface area contributed by atoms with Crippen LogP contribution < -0.4 is 9.73 Å². The molecule has 0 spiro atoms. The van der Waals surface area contributed by atoms with Crippen molar-refractivity contribution in [2.75, 3.05) is 10.8 Å². The molecule has 0 saturated carbocycles. The highest BCUT2D eigenvalue weighted by Crippen LogP contribution is 2.23. The van der Waals surface area contributed by atoms with Gasteiger partial charge in [-0.25, -0.2) is 13.8 Å². The van der Waals surface area contributed by atoms with E-state index in [2.05, 4.69) is 15.5 Å². The number of aromatic nitrogens is 1. The number of carbonyl (C=O) groups is 1.